The Labute approximate surface area is 88.1 Å². The van der Waals surface area contributed by atoms with Gasteiger partial charge in [-0.3, -0.25) is 4.90 Å². The van der Waals surface area contributed by atoms with Crippen LogP contribution in [0.3, 0.4) is 0 Å². The molecule has 1 aliphatic heterocycles. The van der Waals surface area contributed by atoms with Crippen molar-refractivity contribution in [3.05, 3.63) is 30.3 Å². The van der Waals surface area contributed by atoms with E-state index < -0.39 is 11.7 Å². The molecule has 15 heavy (non-hydrogen) atoms. The number of hydrogen-bond acceptors (Lipinski definition) is 3. The Morgan fingerprint density at radius 1 is 1.40 bits per heavy atom. The molecule has 1 amide bonds. The first kappa shape index (κ1) is 9.98. The summed E-state index contributed by atoms with van der Waals surface area (Å²) in [6, 6.07) is 9.17. The SMILES string of the molecule is CC1(O)COC(=O)N(c2ccccc2)C1. The molecule has 1 aromatic carbocycles. The number of rotatable bonds is 1. The van der Waals surface area contributed by atoms with E-state index in [1.165, 1.54) is 4.90 Å². The Hall–Kier alpha value is -1.55. The van der Waals surface area contributed by atoms with E-state index in [-0.39, 0.29) is 13.2 Å². The fourth-order valence-corrected chi connectivity index (χ4v) is 1.55. The number of carbonyl (C=O) groups is 1. The summed E-state index contributed by atoms with van der Waals surface area (Å²) in [5.74, 6) is 0. The molecule has 0 aliphatic carbocycles. The summed E-state index contributed by atoms with van der Waals surface area (Å²) in [5, 5.41) is 9.81. The smallest absolute Gasteiger partial charge is 0.414 e. The monoisotopic (exact) mass is 207 g/mol. The van der Waals surface area contributed by atoms with E-state index in [0.29, 0.717) is 0 Å². The van der Waals surface area contributed by atoms with Crippen LogP contribution in [0.2, 0.25) is 0 Å². The summed E-state index contributed by atoms with van der Waals surface area (Å²) in [5.41, 5.74) is -0.244. The van der Waals surface area contributed by atoms with E-state index in [1.807, 2.05) is 30.3 Å². The molecule has 2 rings (SSSR count). The van der Waals surface area contributed by atoms with Crippen molar-refractivity contribution in [2.75, 3.05) is 18.1 Å². The van der Waals surface area contributed by atoms with Crippen LogP contribution in [-0.2, 0) is 4.74 Å². The number of β-amino-alcohol motifs (C(OH)–C–C–N with tert-alkyl or cyclic N) is 1. The molecule has 4 nitrogen and oxygen atoms in total. The predicted molar refractivity (Wildman–Crippen MR) is 55.8 cm³/mol. The summed E-state index contributed by atoms with van der Waals surface area (Å²) >= 11 is 0. The molecule has 1 N–H and O–H groups in total. The third-order valence-corrected chi connectivity index (χ3v) is 2.29. The molecule has 80 valence electrons. The number of aliphatic hydroxyl groups is 1. The van der Waals surface area contributed by atoms with Gasteiger partial charge in [-0.1, -0.05) is 18.2 Å². The van der Waals surface area contributed by atoms with Gasteiger partial charge in [0, 0.05) is 5.69 Å². The van der Waals surface area contributed by atoms with Crippen molar-refractivity contribution in [2.24, 2.45) is 0 Å². The van der Waals surface area contributed by atoms with Gasteiger partial charge in [0.25, 0.3) is 0 Å². The van der Waals surface area contributed by atoms with Gasteiger partial charge >= 0.3 is 6.09 Å². The Kier molecular flexibility index (Phi) is 2.36. The maximum atomic E-state index is 11.5. The molecule has 0 bridgehead atoms. The third kappa shape index (κ3) is 2.10. The van der Waals surface area contributed by atoms with Gasteiger partial charge in [0.05, 0.1) is 6.54 Å². The van der Waals surface area contributed by atoms with E-state index in [4.69, 9.17) is 4.74 Å². The Bertz CT molecular complexity index is 361. The zero-order valence-corrected chi connectivity index (χ0v) is 8.51. The molecule has 1 unspecified atom stereocenters. The molecule has 0 spiro atoms. The predicted octanol–water partition coefficient (Wildman–Crippen LogP) is 1.39. The van der Waals surface area contributed by atoms with Crippen molar-refractivity contribution in [3.63, 3.8) is 0 Å². The molecular formula is C11H13NO3. The Morgan fingerprint density at radius 2 is 2.07 bits per heavy atom. The average molecular weight is 207 g/mol. The molecular weight excluding hydrogens is 194 g/mol. The summed E-state index contributed by atoms with van der Waals surface area (Å²) < 4.78 is 4.90. The lowest BCUT2D eigenvalue weighted by atomic mass is 10.1. The number of benzene rings is 1. The standard InChI is InChI=1S/C11H13NO3/c1-11(14)7-12(10(13)15-8-11)9-5-3-2-4-6-9/h2-6,14H,7-8H2,1H3. The van der Waals surface area contributed by atoms with Crippen LogP contribution in [-0.4, -0.2) is 30.0 Å². The fraction of sp³-hybridized carbons (Fsp3) is 0.364. The second kappa shape index (κ2) is 3.55. The summed E-state index contributed by atoms with van der Waals surface area (Å²) in [6.07, 6.45) is -0.410. The number of anilines is 1. The van der Waals surface area contributed by atoms with E-state index in [9.17, 15) is 9.90 Å². The summed E-state index contributed by atoms with van der Waals surface area (Å²) in [7, 11) is 0. The zero-order chi connectivity index (χ0) is 10.9. The number of ether oxygens (including phenoxy) is 1. The molecule has 1 fully saturated rings. The number of para-hydroxylation sites is 1. The molecule has 1 aliphatic rings. The highest BCUT2D eigenvalue weighted by Crippen LogP contribution is 2.22. The molecule has 1 atom stereocenters. The van der Waals surface area contributed by atoms with Crippen molar-refractivity contribution in [2.45, 2.75) is 12.5 Å². The van der Waals surface area contributed by atoms with E-state index >= 15 is 0 Å². The molecule has 1 saturated heterocycles. The summed E-state index contributed by atoms with van der Waals surface area (Å²) in [6.45, 7) is 1.96. The van der Waals surface area contributed by atoms with Crippen molar-refractivity contribution in [1.29, 1.82) is 0 Å². The molecule has 4 heteroatoms. The first-order valence-corrected chi connectivity index (χ1v) is 4.80. The van der Waals surface area contributed by atoms with Crippen molar-refractivity contribution in [3.8, 4) is 0 Å². The third-order valence-electron chi connectivity index (χ3n) is 2.29. The highest BCUT2D eigenvalue weighted by Gasteiger charge is 2.35. The second-order valence-corrected chi connectivity index (χ2v) is 3.97. The molecule has 0 aromatic heterocycles. The maximum Gasteiger partial charge on any atom is 0.414 e. The van der Waals surface area contributed by atoms with Gasteiger partial charge in [-0.05, 0) is 19.1 Å². The number of carbonyl (C=O) groups excluding carboxylic acids is 1. The first-order chi connectivity index (χ1) is 7.08. The average Bonchev–Trinajstić information content (AvgIpc) is 2.23. The molecule has 0 radical (unpaired) electrons. The van der Waals surface area contributed by atoms with Gasteiger partial charge in [0.2, 0.25) is 0 Å². The van der Waals surface area contributed by atoms with Crippen LogP contribution in [0, 0.1) is 0 Å². The van der Waals surface area contributed by atoms with Gasteiger partial charge in [-0.25, -0.2) is 4.79 Å². The highest BCUT2D eigenvalue weighted by atomic mass is 16.6. The van der Waals surface area contributed by atoms with Crippen molar-refractivity contribution >= 4 is 11.8 Å². The van der Waals surface area contributed by atoms with Crippen LogP contribution in [0.1, 0.15) is 6.92 Å². The van der Waals surface area contributed by atoms with Gasteiger partial charge < -0.3 is 9.84 Å². The molecule has 0 saturated carbocycles. The fourth-order valence-electron chi connectivity index (χ4n) is 1.55. The van der Waals surface area contributed by atoms with Crippen LogP contribution < -0.4 is 4.90 Å². The number of hydrogen-bond donors (Lipinski definition) is 1. The lowest BCUT2D eigenvalue weighted by molar-refractivity contribution is -0.0180. The normalized spacial score (nSPS) is 26.3. The zero-order valence-electron chi connectivity index (χ0n) is 8.51. The minimum atomic E-state index is -0.982. The topological polar surface area (TPSA) is 49.8 Å². The van der Waals surface area contributed by atoms with Gasteiger partial charge in [0.15, 0.2) is 0 Å². The van der Waals surface area contributed by atoms with E-state index in [1.54, 1.807) is 6.92 Å². The Morgan fingerprint density at radius 3 is 2.73 bits per heavy atom. The molecule has 1 aromatic rings. The summed E-state index contributed by atoms with van der Waals surface area (Å²) in [4.78, 5) is 12.9. The van der Waals surface area contributed by atoms with Gasteiger partial charge in [-0.2, -0.15) is 0 Å². The van der Waals surface area contributed by atoms with Crippen molar-refractivity contribution in [1.82, 2.24) is 0 Å². The minimum absolute atomic E-state index is 0.0508. The lowest BCUT2D eigenvalue weighted by Crippen LogP contribution is -2.53. The quantitative estimate of drug-likeness (QED) is 0.757. The van der Waals surface area contributed by atoms with E-state index in [2.05, 4.69) is 0 Å². The van der Waals surface area contributed by atoms with Gasteiger partial charge in [-0.15, -0.1) is 0 Å². The lowest BCUT2D eigenvalue weighted by Gasteiger charge is -2.35. The van der Waals surface area contributed by atoms with E-state index in [0.717, 1.165) is 5.69 Å². The number of amides is 1. The second-order valence-electron chi connectivity index (χ2n) is 3.97. The number of cyclic esters (lactones) is 1. The van der Waals surface area contributed by atoms with Crippen LogP contribution in [0.15, 0.2) is 30.3 Å². The first-order valence-electron chi connectivity index (χ1n) is 4.80. The largest absolute Gasteiger partial charge is 0.446 e. The van der Waals surface area contributed by atoms with Crippen LogP contribution in [0.25, 0.3) is 0 Å². The highest BCUT2D eigenvalue weighted by molar-refractivity contribution is 5.88. The molecule has 1 heterocycles. The van der Waals surface area contributed by atoms with Crippen LogP contribution in [0.5, 0.6) is 0 Å². The Balaban J connectivity index is 2.24. The maximum absolute atomic E-state index is 11.5. The van der Waals surface area contributed by atoms with Gasteiger partial charge in [0.1, 0.15) is 12.2 Å². The van der Waals surface area contributed by atoms with Crippen molar-refractivity contribution < 1.29 is 14.6 Å². The van der Waals surface area contributed by atoms with Crippen LogP contribution in [0.4, 0.5) is 10.5 Å². The minimum Gasteiger partial charge on any atom is -0.446 e. The number of nitrogens with zero attached hydrogens (tertiary/aromatic N) is 1. The van der Waals surface area contributed by atoms with Crippen LogP contribution >= 0.6 is 0 Å².